The molecule has 170 valence electrons. The van der Waals surface area contributed by atoms with Crippen LogP contribution in [0.3, 0.4) is 0 Å². The van der Waals surface area contributed by atoms with Crippen LogP contribution in [-0.2, 0) is 9.84 Å². The van der Waals surface area contributed by atoms with Gasteiger partial charge in [0.15, 0.2) is 15.6 Å². The van der Waals surface area contributed by atoms with E-state index in [0.717, 1.165) is 37.1 Å². The number of aromatic nitrogens is 3. The monoisotopic (exact) mass is 497 g/mol. The van der Waals surface area contributed by atoms with Crippen molar-refractivity contribution in [3.05, 3.63) is 65.7 Å². The highest BCUT2D eigenvalue weighted by Crippen LogP contribution is 2.36. The van der Waals surface area contributed by atoms with Gasteiger partial charge in [0, 0.05) is 33.3 Å². The molecular weight excluding hydrogens is 474 g/mol. The van der Waals surface area contributed by atoms with Gasteiger partial charge in [0.1, 0.15) is 16.2 Å². The van der Waals surface area contributed by atoms with Crippen LogP contribution < -0.4 is 0 Å². The molecule has 5 rings (SSSR count). The SMILES string of the molecule is Cc1cc(C(=O)CSc2ncnc3sc(-c4ccccc4)cc23)c(C)n1[C@H]1CCS(=O)(=O)C1. The molecule has 4 aromatic rings. The lowest BCUT2D eigenvalue weighted by Gasteiger charge is -2.16. The van der Waals surface area contributed by atoms with E-state index in [4.69, 9.17) is 0 Å². The maximum Gasteiger partial charge on any atom is 0.174 e. The lowest BCUT2D eigenvalue weighted by molar-refractivity contribution is 0.102. The number of fused-ring (bicyclic) bond motifs is 1. The minimum atomic E-state index is -3.00. The fourth-order valence-electron chi connectivity index (χ4n) is 4.51. The van der Waals surface area contributed by atoms with Crippen LogP contribution in [-0.4, -0.2) is 46.0 Å². The summed E-state index contributed by atoms with van der Waals surface area (Å²) in [6.07, 6.45) is 2.15. The molecule has 0 N–H and O–H groups in total. The third-order valence-corrected chi connectivity index (χ3v) is 9.90. The Morgan fingerprint density at radius 2 is 1.97 bits per heavy atom. The van der Waals surface area contributed by atoms with Crippen molar-refractivity contribution in [2.45, 2.75) is 31.3 Å². The van der Waals surface area contributed by atoms with E-state index in [0.29, 0.717) is 12.0 Å². The molecule has 0 bridgehead atoms. The molecular formula is C24H23N3O3S3. The van der Waals surface area contributed by atoms with Crippen molar-refractivity contribution in [2.75, 3.05) is 17.3 Å². The number of ketones is 1. The molecule has 9 heteroatoms. The van der Waals surface area contributed by atoms with Crippen LogP contribution in [0.5, 0.6) is 0 Å². The first kappa shape index (κ1) is 22.3. The van der Waals surface area contributed by atoms with Crippen LogP contribution in [0.25, 0.3) is 20.7 Å². The summed E-state index contributed by atoms with van der Waals surface area (Å²) in [6.45, 7) is 3.84. The van der Waals surface area contributed by atoms with Crippen LogP contribution in [0, 0.1) is 13.8 Å². The number of aryl methyl sites for hydroxylation is 1. The predicted octanol–water partition coefficient (Wildman–Crippen LogP) is 5.11. The number of benzene rings is 1. The van der Waals surface area contributed by atoms with Crippen molar-refractivity contribution in [3.63, 3.8) is 0 Å². The molecule has 4 heterocycles. The van der Waals surface area contributed by atoms with Gasteiger partial charge in [0.2, 0.25) is 0 Å². The van der Waals surface area contributed by atoms with Crippen LogP contribution in [0.2, 0.25) is 0 Å². The molecule has 1 aliphatic rings. The summed E-state index contributed by atoms with van der Waals surface area (Å²) in [7, 11) is -3.00. The fraction of sp³-hybridized carbons (Fsp3) is 0.292. The molecule has 0 spiro atoms. The van der Waals surface area contributed by atoms with Gasteiger partial charge in [-0.1, -0.05) is 42.1 Å². The molecule has 33 heavy (non-hydrogen) atoms. The summed E-state index contributed by atoms with van der Waals surface area (Å²) in [5.41, 5.74) is 3.56. The van der Waals surface area contributed by atoms with Crippen molar-refractivity contribution >= 4 is 48.9 Å². The number of nitrogens with zero attached hydrogens (tertiary/aromatic N) is 3. The Bertz CT molecular complexity index is 1460. The van der Waals surface area contributed by atoms with E-state index < -0.39 is 9.84 Å². The fourth-order valence-corrected chi connectivity index (χ4v) is 8.13. The second kappa shape index (κ2) is 8.70. The second-order valence-corrected chi connectivity index (χ2v) is 12.5. The van der Waals surface area contributed by atoms with Crippen LogP contribution in [0.4, 0.5) is 0 Å². The van der Waals surface area contributed by atoms with Crippen molar-refractivity contribution in [1.82, 2.24) is 14.5 Å². The van der Waals surface area contributed by atoms with Gasteiger partial charge in [-0.05, 0) is 38.0 Å². The van der Waals surface area contributed by atoms with E-state index in [-0.39, 0.29) is 29.1 Å². The predicted molar refractivity (Wildman–Crippen MR) is 134 cm³/mol. The Morgan fingerprint density at radius 1 is 1.18 bits per heavy atom. The minimum Gasteiger partial charge on any atom is -0.344 e. The quantitative estimate of drug-likeness (QED) is 0.209. The topological polar surface area (TPSA) is 81.9 Å². The van der Waals surface area contributed by atoms with Crippen molar-refractivity contribution in [2.24, 2.45) is 0 Å². The molecule has 1 fully saturated rings. The summed E-state index contributed by atoms with van der Waals surface area (Å²) < 4.78 is 25.9. The molecule has 1 aliphatic heterocycles. The van der Waals surface area contributed by atoms with E-state index >= 15 is 0 Å². The maximum atomic E-state index is 13.1. The molecule has 0 radical (unpaired) electrons. The molecule has 1 aromatic carbocycles. The normalized spacial score (nSPS) is 17.6. The number of thioether (sulfide) groups is 1. The molecule has 6 nitrogen and oxygen atoms in total. The van der Waals surface area contributed by atoms with Gasteiger partial charge in [-0.25, -0.2) is 18.4 Å². The summed E-state index contributed by atoms with van der Waals surface area (Å²) in [5, 5.41) is 1.75. The molecule has 0 unspecified atom stereocenters. The standard InChI is InChI=1S/C24H23N3O3S3/c1-15-10-19(16(2)27(15)18-8-9-33(29,30)13-18)21(28)12-31-23-20-11-22(17-6-4-3-5-7-17)32-24(20)26-14-25-23/h3-7,10-11,14,18H,8-9,12-13H2,1-2H3/t18-/m0/s1. The average molecular weight is 498 g/mol. The van der Waals surface area contributed by atoms with Crippen LogP contribution in [0.1, 0.15) is 34.2 Å². The third-order valence-electron chi connectivity index (χ3n) is 6.05. The van der Waals surface area contributed by atoms with Crippen molar-refractivity contribution in [1.29, 1.82) is 0 Å². The number of hydrogen-bond donors (Lipinski definition) is 0. The van der Waals surface area contributed by atoms with E-state index in [1.807, 2.05) is 42.7 Å². The number of carbonyl (C=O) groups excluding carboxylic acids is 1. The number of Topliss-reactive ketones (excluding diaryl/α,β-unsaturated/α-hetero) is 1. The Kier molecular flexibility index (Phi) is 5.88. The Balaban J connectivity index is 1.37. The number of carbonyl (C=O) groups is 1. The summed E-state index contributed by atoms with van der Waals surface area (Å²) in [6, 6.07) is 14.0. The lowest BCUT2D eigenvalue weighted by Crippen LogP contribution is -2.14. The Morgan fingerprint density at radius 3 is 2.70 bits per heavy atom. The van der Waals surface area contributed by atoms with Gasteiger partial charge in [0.25, 0.3) is 0 Å². The molecule has 0 aliphatic carbocycles. The molecule has 0 amide bonds. The van der Waals surface area contributed by atoms with E-state index in [1.54, 1.807) is 17.7 Å². The zero-order chi connectivity index (χ0) is 23.2. The first-order valence-electron chi connectivity index (χ1n) is 10.7. The Hall–Kier alpha value is -2.49. The highest BCUT2D eigenvalue weighted by Gasteiger charge is 2.31. The number of sulfone groups is 1. The molecule has 1 saturated heterocycles. The van der Waals surface area contributed by atoms with E-state index in [2.05, 4.69) is 28.2 Å². The summed E-state index contributed by atoms with van der Waals surface area (Å²) in [4.78, 5) is 24.0. The average Bonchev–Trinajstić information content (AvgIpc) is 3.47. The van der Waals surface area contributed by atoms with E-state index in [9.17, 15) is 13.2 Å². The smallest absolute Gasteiger partial charge is 0.174 e. The number of thiophene rings is 1. The van der Waals surface area contributed by atoms with Gasteiger partial charge in [-0.3, -0.25) is 4.79 Å². The third kappa shape index (κ3) is 4.37. The first-order valence-corrected chi connectivity index (χ1v) is 14.3. The highest BCUT2D eigenvalue weighted by atomic mass is 32.2. The van der Waals surface area contributed by atoms with Gasteiger partial charge < -0.3 is 4.57 Å². The Labute approximate surface area is 201 Å². The number of rotatable bonds is 6. The van der Waals surface area contributed by atoms with Crippen LogP contribution >= 0.6 is 23.1 Å². The zero-order valence-electron chi connectivity index (χ0n) is 18.3. The minimum absolute atomic E-state index is 0.0190. The first-order chi connectivity index (χ1) is 15.8. The highest BCUT2D eigenvalue weighted by molar-refractivity contribution is 8.00. The largest absolute Gasteiger partial charge is 0.344 e. The molecule has 0 saturated carbocycles. The second-order valence-electron chi connectivity index (χ2n) is 8.30. The maximum absolute atomic E-state index is 13.1. The molecule has 3 aromatic heterocycles. The van der Waals surface area contributed by atoms with Crippen LogP contribution in [0.15, 0.2) is 53.8 Å². The number of hydrogen-bond acceptors (Lipinski definition) is 7. The van der Waals surface area contributed by atoms with Crippen molar-refractivity contribution in [3.8, 4) is 10.4 Å². The molecule has 1 atom stereocenters. The van der Waals surface area contributed by atoms with Crippen molar-refractivity contribution < 1.29 is 13.2 Å². The summed E-state index contributed by atoms with van der Waals surface area (Å²) in [5.74, 6) is 0.636. The summed E-state index contributed by atoms with van der Waals surface area (Å²) >= 11 is 3.03. The lowest BCUT2D eigenvalue weighted by atomic mass is 10.2. The van der Waals surface area contributed by atoms with E-state index in [1.165, 1.54) is 11.8 Å². The van der Waals surface area contributed by atoms with Gasteiger partial charge in [-0.2, -0.15) is 0 Å². The van der Waals surface area contributed by atoms with Gasteiger partial charge >= 0.3 is 0 Å². The zero-order valence-corrected chi connectivity index (χ0v) is 20.8. The van der Waals surface area contributed by atoms with Gasteiger partial charge in [0.05, 0.1) is 17.3 Å². The van der Waals surface area contributed by atoms with Gasteiger partial charge in [-0.15, -0.1) is 11.3 Å².